The first-order valence-electron chi connectivity index (χ1n) is 8.61. The first-order chi connectivity index (χ1) is 12.7. The molecule has 0 bridgehead atoms. The van der Waals surface area contributed by atoms with Gasteiger partial charge in [-0.1, -0.05) is 24.3 Å². The van der Waals surface area contributed by atoms with Crippen LogP contribution in [0.5, 0.6) is 0 Å². The maximum Gasteiger partial charge on any atom is 0.273 e. The van der Waals surface area contributed by atoms with E-state index < -0.39 is 0 Å². The van der Waals surface area contributed by atoms with Crippen LogP contribution in [0, 0.1) is 6.92 Å². The Morgan fingerprint density at radius 2 is 2.08 bits per heavy atom. The zero-order valence-corrected chi connectivity index (χ0v) is 14.8. The molecule has 1 N–H and O–H groups in total. The van der Waals surface area contributed by atoms with Crippen molar-refractivity contribution in [3.05, 3.63) is 71.7 Å². The summed E-state index contributed by atoms with van der Waals surface area (Å²) in [6.07, 6.45) is 3.48. The second kappa shape index (κ2) is 6.55. The van der Waals surface area contributed by atoms with Crippen LogP contribution in [0.3, 0.4) is 0 Å². The van der Waals surface area contributed by atoms with Crippen LogP contribution in [0.2, 0.25) is 0 Å². The predicted octanol–water partition coefficient (Wildman–Crippen LogP) is 4.06. The van der Waals surface area contributed by atoms with E-state index in [1.165, 1.54) is 5.56 Å². The lowest BCUT2D eigenvalue weighted by atomic mass is 10.1. The number of carbonyl (C=O) groups excluding carboxylic acids is 1. The first-order valence-corrected chi connectivity index (χ1v) is 8.61. The van der Waals surface area contributed by atoms with Crippen molar-refractivity contribution in [3.8, 4) is 0 Å². The quantitative estimate of drug-likeness (QED) is 0.591. The van der Waals surface area contributed by atoms with Gasteiger partial charge in [-0.3, -0.25) is 9.48 Å². The molecular formula is C20H20N4O2. The third-order valence-electron chi connectivity index (χ3n) is 4.55. The summed E-state index contributed by atoms with van der Waals surface area (Å²) in [5, 5.41) is 7.19. The van der Waals surface area contributed by atoms with Gasteiger partial charge in [-0.15, -0.1) is 0 Å². The summed E-state index contributed by atoms with van der Waals surface area (Å²) in [6.45, 7) is 5.43. The van der Waals surface area contributed by atoms with Gasteiger partial charge in [0.2, 0.25) is 0 Å². The Morgan fingerprint density at radius 1 is 1.23 bits per heavy atom. The van der Waals surface area contributed by atoms with E-state index in [0.717, 1.165) is 17.6 Å². The highest BCUT2D eigenvalue weighted by atomic mass is 16.3. The Balaban J connectivity index is 1.69. The van der Waals surface area contributed by atoms with Crippen molar-refractivity contribution >= 4 is 22.8 Å². The number of anilines is 1. The van der Waals surface area contributed by atoms with Crippen LogP contribution in [-0.4, -0.2) is 20.3 Å². The van der Waals surface area contributed by atoms with Gasteiger partial charge < -0.3 is 14.3 Å². The molecule has 3 aromatic heterocycles. The molecule has 0 fully saturated rings. The lowest BCUT2D eigenvalue weighted by molar-refractivity contribution is 0.101. The highest BCUT2D eigenvalue weighted by Gasteiger charge is 2.19. The average Bonchev–Trinajstić information content (AvgIpc) is 3.34. The number of nitrogens with one attached hydrogen (secondary N) is 1. The number of hydrogen-bond donors (Lipinski definition) is 1. The number of amides is 1. The number of hydrogen-bond acceptors (Lipinski definition) is 3. The molecule has 0 radical (unpaired) electrons. The zero-order chi connectivity index (χ0) is 18.1. The van der Waals surface area contributed by atoms with Crippen LogP contribution >= 0.6 is 0 Å². The molecule has 1 aromatic carbocycles. The Labute approximate surface area is 151 Å². The van der Waals surface area contributed by atoms with Crippen LogP contribution in [0.25, 0.3) is 11.1 Å². The maximum atomic E-state index is 12.9. The van der Waals surface area contributed by atoms with Crippen molar-refractivity contribution in [1.82, 2.24) is 14.3 Å². The SMILES string of the molecule is CCn1ccc(NC(=O)c2cc3occc3n2Cc2ccccc2C)n1. The van der Waals surface area contributed by atoms with E-state index in [1.54, 1.807) is 23.1 Å². The van der Waals surface area contributed by atoms with Gasteiger partial charge in [0.1, 0.15) is 5.69 Å². The van der Waals surface area contributed by atoms with E-state index in [-0.39, 0.29) is 5.91 Å². The Kier molecular flexibility index (Phi) is 4.08. The number of rotatable bonds is 5. The molecule has 26 heavy (non-hydrogen) atoms. The molecular weight excluding hydrogens is 328 g/mol. The van der Waals surface area contributed by atoms with Gasteiger partial charge in [0.05, 0.1) is 11.8 Å². The molecule has 4 aromatic rings. The van der Waals surface area contributed by atoms with Crippen molar-refractivity contribution < 1.29 is 9.21 Å². The number of fused-ring (bicyclic) bond motifs is 1. The number of aryl methyl sites for hydroxylation is 2. The fourth-order valence-electron chi connectivity index (χ4n) is 3.08. The van der Waals surface area contributed by atoms with E-state index in [2.05, 4.69) is 29.5 Å². The minimum absolute atomic E-state index is 0.202. The van der Waals surface area contributed by atoms with Gasteiger partial charge in [-0.2, -0.15) is 5.10 Å². The minimum Gasteiger partial charge on any atom is -0.463 e. The summed E-state index contributed by atoms with van der Waals surface area (Å²) in [4.78, 5) is 12.9. The first kappa shape index (κ1) is 16.2. The van der Waals surface area contributed by atoms with Crippen molar-refractivity contribution in [3.63, 3.8) is 0 Å². The van der Waals surface area contributed by atoms with Crippen molar-refractivity contribution in [1.29, 1.82) is 0 Å². The highest BCUT2D eigenvalue weighted by Crippen LogP contribution is 2.24. The largest absolute Gasteiger partial charge is 0.463 e. The summed E-state index contributed by atoms with van der Waals surface area (Å²) < 4.78 is 9.26. The average molecular weight is 348 g/mol. The van der Waals surface area contributed by atoms with Crippen molar-refractivity contribution in [2.45, 2.75) is 26.9 Å². The summed E-state index contributed by atoms with van der Waals surface area (Å²) in [5.74, 6) is 0.337. The summed E-state index contributed by atoms with van der Waals surface area (Å²) in [5.41, 5.74) is 4.50. The van der Waals surface area contributed by atoms with Gasteiger partial charge in [-0.05, 0) is 25.0 Å². The number of carbonyl (C=O) groups is 1. The van der Waals surface area contributed by atoms with E-state index in [0.29, 0.717) is 23.6 Å². The Hall–Kier alpha value is -3.28. The molecule has 3 heterocycles. The number of furan rings is 1. The van der Waals surface area contributed by atoms with Crippen LogP contribution in [-0.2, 0) is 13.1 Å². The molecule has 0 spiro atoms. The molecule has 4 rings (SSSR count). The van der Waals surface area contributed by atoms with Crippen LogP contribution in [0.1, 0.15) is 28.5 Å². The van der Waals surface area contributed by atoms with Crippen molar-refractivity contribution in [2.24, 2.45) is 0 Å². The molecule has 6 heteroatoms. The third-order valence-corrected chi connectivity index (χ3v) is 4.55. The molecule has 0 atom stereocenters. The fraction of sp³-hybridized carbons (Fsp3) is 0.200. The minimum atomic E-state index is -0.202. The van der Waals surface area contributed by atoms with Crippen LogP contribution < -0.4 is 5.32 Å². The molecule has 0 aliphatic carbocycles. The Morgan fingerprint density at radius 3 is 2.85 bits per heavy atom. The van der Waals surface area contributed by atoms with Crippen molar-refractivity contribution in [2.75, 3.05) is 5.32 Å². The van der Waals surface area contributed by atoms with Gasteiger partial charge in [-0.25, -0.2) is 0 Å². The van der Waals surface area contributed by atoms with E-state index >= 15 is 0 Å². The summed E-state index contributed by atoms with van der Waals surface area (Å²) in [6, 6.07) is 13.6. The lowest BCUT2D eigenvalue weighted by Gasteiger charge is -2.11. The maximum absolute atomic E-state index is 12.9. The zero-order valence-electron chi connectivity index (χ0n) is 14.8. The van der Waals surface area contributed by atoms with E-state index in [1.807, 2.05) is 35.9 Å². The van der Waals surface area contributed by atoms with Crippen LogP contribution in [0.4, 0.5) is 5.82 Å². The van der Waals surface area contributed by atoms with E-state index in [9.17, 15) is 4.79 Å². The molecule has 0 saturated carbocycles. The molecule has 0 saturated heterocycles. The molecule has 6 nitrogen and oxygen atoms in total. The normalized spacial score (nSPS) is 11.2. The Bertz CT molecular complexity index is 1070. The second-order valence-electron chi connectivity index (χ2n) is 6.22. The van der Waals surface area contributed by atoms with Crippen LogP contribution in [0.15, 0.2) is 59.3 Å². The molecule has 0 aliphatic rings. The molecule has 0 aliphatic heterocycles. The highest BCUT2D eigenvalue weighted by molar-refractivity contribution is 6.05. The summed E-state index contributed by atoms with van der Waals surface area (Å²) in [7, 11) is 0. The topological polar surface area (TPSA) is 65.0 Å². The fourth-order valence-corrected chi connectivity index (χ4v) is 3.08. The van der Waals surface area contributed by atoms with Gasteiger partial charge in [0.25, 0.3) is 5.91 Å². The molecule has 1 amide bonds. The number of aromatic nitrogens is 3. The predicted molar refractivity (Wildman–Crippen MR) is 100 cm³/mol. The van der Waals surface area contributed by atoms with Gasteiger partial charge in [0, 0.05) is 37.5 Å². The second-order valence-corrected chi connectivity index (χ2v) is 6.22. The number of nitrogens with zero attached hydrogens (tertiary/aromatic N) is 3. The summed E-state index contributed by atoms with van der Waals surface area (Å²) >= 11 is 0. The smallest absolute Gasteiger partial charge is 0.273 e. The van der Waals surface area contributed by atoms with Gasteiger partial charge in [0.15, 0.2) is 11.4 Å². The van der Waals surface area contributed by atoms with Gasteiger partial charge >= 0.3 is 0 Å². The monoisotopic (exact) mass is 348 g/mol. The third kappa shape index (κ3) is 2.90. The molecule has 132 valence electrons. The lowest BCUT2D eigenvalue weighted by Crippen LogP contribution is -2.18. The standard InChI is InChI=1S/C20H20N4O2/c1-3-23-10-8-19(22-23)21-20(25)17-12-18-16(9-11-26-18)24(17)13-15-7-5-4-6-14(15)2/h4-12H,3,13H2,1-2H3,(H,21,22,25). The molecule has 0 unspecified atom stereocenters. The van der Waals surface area contributed by atoms with E-state index in [4.69, 9.17) is 4.42 Å². The number of benzene rings is 1.